The van der Waals surface area contributed by atoms with E-state index in [1.807, 2.05) is 7.05 Å². The summed E-state index contributed by atoms with van der Waals surface area (Å²) in [5, 5.41) is 15.2. The Balaban J connectivity index is 0.00000220. The highest BCUT2D eigenvalue weighted by molar-refractivity contribution is 7.15. The highest BCUT2D eigenvalue weighted by atomic mass is 35.5. The van der Waals surface area contributed by atoms with Crippen LogP contribution in [0.2, 0.25) is 0 Å². The molecule has 4 N–H and O–H groups in total. The predicted octanol–water partition coefficient (Wildman–Crippen LogP) is 0.306. The molecule has 0 bridgehead atoms. The standard InChI is InChI=1S/C12H22N6OS.2ClH/c1-18(9-2-5-14-6-3-9)8-10(19)15-7-4-11-16-17-12(13)20-11;;/h9,14H,2-8H2,1H3,(H2,13,17)(H,15,19);2*1H. The van der Waals surface area contributed by atoms with Gasteiger partial charge in [0.2, 0.25) is 11.0 Å². The van der Waals surface area contributed by atoms with Crippen LogP contribution in [0.15, 0.2) is 0 Å². The van der Waals surface area contributed by atoms with E-state index >= 15 is 0 Å². The fraction of sp³-hybridized carbons (Fsp3) is 0.750. The smallest absolute Gasteiger partial charge is 0.234 e. The molecule has 0 unspecified atom stereocenters. The van der Waals surface area contributed by atoms with Gasteiger partial charge in [-0.2, -0.15) is 0 Å². The van der Waals surface area contributed by atoms with Crippen molar-refractivity contribution in [3.8, 4) is 0 Å². The maximum absolute atomic E-state index is 11.9. The Morgan fingerprint density at radius 3 is 2.68 bits per heavy atom. The van der Waals surface area contributed by atoms with E-state index in [0.29, 0.717) is 30.7 Å². The van der Waals surface area contributed by atoms with Gasteiger partial charge >= 0.3 is 0 Å². The molecule has 1 aliphatic rings. The van der Waals surface area contributed by atoms with Crippen molar-refractivity contribution >= 4 is 47.2 Å². The minimum Gasteiger partial charge on any atom is -0.374 e. The summed E-state index contributed by atoms with van der Waals surface area (Å²) >= 11 is 1.36. The number of likely N-dealkylation sites (N-methyl/N-ethyl adjacent to an activating group) is 1. The van der Waals surface area contributed by atoms with Crippen LogP contribution in [0.3, 0.4) is 0 Å². The normalized spacial score (nSPS) is 15.0. The molecule has 1 aliphatic heterocycles. The molecule has 2 heterocycles. The summed E-state index contributed by atoms with van der Waals surface area (Å²) in [6, 6.07) is 0.505. The molecular formula is C12H24Cl2N6OS. The van der Waals surface area contributed by atoms with Crippen LogP contribution in [0.1, 0.15) is 17.8 Å². The lowest BCUT2D eigenvalue weighted by molar-refractivity contribution is -0.122. The van der Waals surface area contributed by atoms with Gasteiger partial charge in [0.15, 0.2) is 0 Å². The summed E-state index contributed by atoms with van der Waals surface area (Å²) in [6.45, 7) is 3.10. The second-order valence-corrected chi connectivity index (χ2v) is 6.12. The van der Waals surface area contributed by atoms with E-state index < -0.39 is 0 Å². The Bertz CT molecular complexity index is 441. The number of halogens is 2. The molecule has 10 heteroatoms. The molecule has 128 valence electrons. The zero-order valence-electron chi connectivity index (χ0n) is 12.6. The monoisotopic (exact) mass is 370 g/mol. The van der Waals surface area contributed by atoms with Gasteiger partial charge in [-0.05, 0) is 33.0 Å². The number of carbonyl (C=O) groups is 1. The maximum Gasteiger partial charge on any atom is 0.234 e. The second-order valence-electron chi connectivity index (χ2n) is 5.03. The topological polar surface area (TPSA) is 96.2 Å². The molecule has 1 fully saturated rings. The van der Waals surface area contributed by atoms with Crippen LogP contribution < -0.4 is 16.4 Å². The van der Waals surface area contributed by atoms with Gasteiger partial charge in [0.1, 0.15) is 5.01 Å². The highest BCUT2D eigenvalue weighted by Crippen LogP contribution is 2.11. The van der Waals surface area contributed by atoms with E-state index in [-0.39, 0.29) is 30.7 Å². The third-order valence-corrected chi connectivity index (χ3v) is 4.28. The van der Waals surface area contributed by atoms with Crippen molar-refractivity contribution in [2.75, 3.05) is 39.0 Å². The number of amides is 1. The van der Waals surface area contributed by atoms with Crippen molar-refractivity contribution in [1.82, 2.24) is 25.7 Å². The summed E-state index contributed by atoms with van der Waals surface area (Å²) in [5.74, 6) is 0.0588. The number of anilines is 1. The van der Waals surface area contributed by atoms with Gasteiger partial charge in [-0.15, -0.1) is 35.0 Å². The minimum atomic E-state index is 0. The molecule has 1 amide bonds. The van der Waals surface area contributed by atoms with Crippen molar-refractivity contribution in [1.29, 1.82) is 0 Å². The maximum atomic E-state index is 11.9. The number of piperidine rings is 1. The molecular weight excluding hydrogens is 347 g/mol. The van der Waals surface area contributed by atoms with Crippen LogP contribution in [0.25, 0.3) is 0 Å². The molecule has 0 aromatic carbocycles. The SMILES string of the molecule is CN(CC(=O)NCCc1nnc(N)s1)C1CCNCC1.Cl.Cl. The van der Waals surface area contributed by atoms with E-state index in [1.165, 1.54) is 11.3 Å². The van der Waals surface area contributed by atoms with E-state index in [9.17, 15) is 4.79 Å². The lowest BCUT2D eigenvalue weighted by atomic mass is 10.1. The Morgan fingerprint density at radius 1 is 1.41 bits per heavy atom. The van der Waals surface area contributed by atoms with Crippen LogP contribution >= 0.6 is 36.2 Å². The molecule has 1 aromatic heterocycles. The van der Waals surface area contributed by atoms with Crippen LogP contribution in [0.4, 0.5) is 5.13 Å². The third kappa shape index (κ3) is 7.06. The molecule has 0 saturated carbocycles. The Kier molecular flexibility index (Phi) is 10.6. The average Bonchev–Trinajstić information content (AvgIpc) is 2.85. The predicted molar refractivity (Wildman–Crippen MR) is 94.1 cm³/mol. The fourth-order valence-corrected chi connectivity index (χ4v) is 2.94. The molecule has 0 spiro atoms. The summed E-state index contributed by atoms with van der Waals surface area (Å²) in [4.78, 5) is 14.0. The number of nitrogens with two attached hydrogens (primary N) is 1. The van der Waals surface area contributed by atoms with Crippen molar-refractivity contribution in [2.45, 2.75) is 25.3 Å². The molecule has 0 radical (unpaired) electrons. The number of carbonyl (C=O) groups excluding carboxylic acids is 1. The number of rotatable bonds is 6. The average molecular weight is 371 g/mol. The van der Waals surface area contributed by atoms with Crippen LogP contribution in [-0.4, -0.2) is 60.3 Å². The molecule has 22 heavy (non-hydrogen) atoms. The lowest BCUT2D eigenvalue weighted by Crippen LogP contribution is -2.45. The molecule has 0 atom stereocenters. The largest absolute Gasteiger partial charge is 0.374 e. The van der Waals surface area contributed by atoms with E-state index in [0.717, 1.165) is 30.9 Å². The molecule has 7 nitrogen and oxygen atoms in total. The van der Waals surface area contributed by atoms with Gasteiger partial charge in [-0.1, -0.05) is 11.3 Å². The first kappa shape index (κ1) is 21.3. The highest BCUT2D eigenvalue weighted by Gasteiger charge is 2.19. The van der Waals surface area contributed by atoms with Gasteiger partial charge in [-0.25, -0.2) is 0 Å². The molecule has 2 rings (SSSR count). The minimum absolute atomic E-state index is 0. The van der Waals surface area contributed by atoms with E-state index in [1.54, 1.807) is 0 Å². The molecule has 1 saturated heterocycles. The summed E-state index contributed by atoms with van der Waals surface area (Å²) < 4.78 is 0. The number of nitrogens with one attached hydrogen (secondary N) is 2. The van der Waals surface area contributed by atoms with Crippen molar-refractivity contribution in [3.05, 3.63) is 5.01 Å². The van der Waals surface area contributed by atoms with Crippen LogP contribution in [0, 0.1) is 0 Å². The third-order valence-electron chi connectivity index (χ3n) is 3.47. The summed E-state index contributed by atoms with van der Waals surface area (Å²) in [5.41, 5.74) is 5.50. The lowest BCUT2D eigenvalue weighted by Gasteiger charge is -2.31. The first-order valence-corrected chi connectivity index (χ1v) is 7.72. The van der Waals surface area contributed by atoms with Gasteiger partial charge in [0, 0.05) is 19.0 Å². The zero-order chi connectivity index (χ0) is 14.4. The Hall–Kier alpha value is -0.670. The van der Waals surface area contributed by atoms with Crippen molar-refractivity contribution in [2.24, 2.45) is 0 Å². The second kappa shape index (κ2) is 11.0. The first-order chi connectivity index (χ1) is 9.65. The van der Waals surface area contributed by atoms with Crippen LogP contribution in [-0.2, 0) is 11.2 Å². The van der Waals surface area contributed by atoms with Gasteiger partial charge in [-0.3, -0.25) is 9.69 Å². The van der Waals surface area contributed by atoms with Gasteiger partial charge in [0.25, 0.3) is 0 Å². The molecule has 0 aliphatic carbocycles. The van der Waals surface area contributed by atoms with Crippen LogP contribution in [0.5, 0.6) is 0 Å². The molecule has 1 aromatic rings. The number of nitrogen functional groups attached to an aromatic ring is 1. The van der Waals surface area contributed by atoms with Gasteiger partial charge < -0.3 is 16.4 Å². The summed E-state index contributed by atoms with van der Waals surface area (Å²) in [7, 11) is 2.01. The Morgan fingerprint density at radius 2 is 2.09 bits per heavy atom. The van der Waals surface area contributed by atoms with Crippen molar-refractivity contribution < 1.29 is 4.79 Å². The fourth-order valence-electron chi connectivity index (χ4n) is 2.34. The first-order valence-electron chi connectivity index (χ1n) is 6.90. The number of hydrogen-bond donors (Lipinski definition) is 3. The number of hydrogen-bond acceptors (Lipinski definition) is 7. The Labute approximate surface area is 147 Å². The quantitative estimate of drug-likeness (QED) is 0.666. The van der Waals surface area contributed by atoms with Crippen molar-refractivity contribution in [3.63, 3.8) is 0 Å². The number of nitrogens with zero attached hydrogens (tertiary/aromatic N) is 3. The van der Waals surface area contributed by atoms with E-state index in [4.69, 9.17) is 5.73 Å². The zero-order valence-corrected chi connectivity index (χ0v) is 15.0. The summed E-state index contributed by atoms with van der Waals surface area (Å²) in [6.07, 6.45) is 2.89. The van der Waals surface area contributed by atoms with E-state index in [2.05, 4.69) is 25.7 Å². The number of aromatic nitrogens is 2. The van der Waals surface area contributed by atoms with Gasteiger partial charge in [0.05, 0.1) is 6.54 Å².